The SMILES string of the molecule is CCOC(=O)c1nc(COC(=O)c2ccc3nc(Cl)ccc3c2)cs1. The highest BCUT2D eigenvalue weighted by atomic mass is 35.5. The number of carbonyl (C=O) groups excluding carboxylic acids is 2. The summed E-state index contributed by atoms with van der Waals surface area (Å²) in [6.07, 6.45) is 0. The standard InChI is InChI=1S/C17H13ClN2O4S/c1-2-23-17(22)15-19-12(9-25-15)8-24-16(21)11-3-5-13-10(7-11)4-6-14(18)20-13/h3-7,9H,2,8H2,1H3. The predicted molar refractivity (Wildman–Crippen MR) is 93.9 cm³/mol. The Bertz CT molecular complexity index is 941. The third-order valence-electron chi connectivity index (χ3n) is 3.24. The molecule has 6 nitrogen and oxygen atoms in total. The Kier molecular flexibility index (Phi) is 5.25. The van der Waals surface area contributed by atoms with Crippen molar-refractivity contribution in [2.45, 2.75) is 13.5 Å². The molecule has 0 spiro atoms. The minimum atomic E-state index is -0.484. The van der Waals surface area contributed by atoms with Gasteiger partial charge >= 0.3 is 11.9 Å². The Morgan fingerprint density at radius 3 is 2.76 bits per heavy atom. The van der Waals surface area contributed by atoms with Gasteiger partial charge in [-0.25, -0.2) is 19.6 Å². The number of thiazole rings is 1. The fourth-order valence-electron chi connectivity index (χ4n) is 2.11. The predicted octanol–water partition coefficient (Wildman–Crippen LogP) is 3.88. The number of rotatable bonds is 5. The van der Waals surface area contributed by atoms with Crippen LogP contribution in [-0.2, 0) is 16.1 Å². The molecule has 0 amide bonds. The molecular weight excluding hydrogens is 364 g/mol. The number of fused-ring (bicyclic) bond motifs is 1. The third kappa shape index (κ3) is 4.12. The number of carbonyl (C=O) groups is 2. The largest absolute Gasteiger partial charge is 0.461 e. The molecule has 0 radical (unpaired) electrons. The van der Waals surface area contributed by atoms with E-state index in [4.69, 9.17) is 21.1 Å². The lowest BCUT2D eigenvalue weighted by molar-refractivity contribution is 0.0468. The first-order valence-corrected chi connectivity index (χ1v) is 8.67. The fraction of sp³-hybridized carbons (Fsp3) is 0.176. The maximum Gasteiger partial charge on any atom is 0.367 e. The molecule has 0 fully saturated rings. The van der Waals surface area contributed by atoms with Crippen LogP contribution in [0.2, 0.25) is 5.15 Å². The summed E-state index contributed by atoms with van der Waals surface area (Å²) in [4.78, 5) is 32.0. The van der Waals surface area contributed by atoms with Crippen molar-refractivity contribution in [3.8, 4) is 0 Å². The van der Waals surface area contributed by atoms with Gasteiger partial charge in [0.15, 0.2) is 0 Å². The smallest absolute Gasteiger partial charge is 0.367 e. The minimum absolute atomic E-state index is 0.0222. The van der Waals surface area contributed by atoms with Gasteiger partial charge in [-0.3, -0.25) is 0 Å². The van der Waals surface area contributed by atoms with Crippen molar-refractivity contribution in [2.24, 2.45) is 0 Å². The summed E-state index contributed by atoms with van der Waals surface area (Å²) < 4.78 is 10.1. The highest BCUT2D eigenvalue weighted by Gasteiger charge is 2.14. The average molecular weight is 377 g/mol. The van der Waals surface area contributed by atoms with E-state index in [1.165, 1.54) is 0 Å². The average Bonchev–Trinajstić information content (AvgIpc) is 3.08. The van der Waals surface area contributed by atoms with Crippen molar-refractivity contribution in [1.29, 1.82) is 0 Å². The number of hydrogen-bond donors (Lipinski definition) is 0. The first kappa shape index (κ1) is 17.3. The van der Waals surface area contributed by atoms with Gasteiger partial charge in [-0.05, 0) is 37.3 Å². The van der Waals surface area contributed by atoms with Crippen molar-refractivity contribution in [3.63, 3.8) is 0 Å². The number of aromatic nitrogens is 2. The topological polar surface area (TPSA) is 78.4 Å². The first-order valence-electron chi connectivity index (χ1n) is 7.42. The number of benzene rings is 1. The molecule has 0 N–H and O–H groups in total. The Labute approximate surface area is 152 Å². The molecule has 0 aliphatic carbocycles. The van der Waals surface area contributed by atoms with Crippen LogP contribution in [0.25, 0.3) is 10.9 Å². The second-order valence-corrected chi connectivity index (χ2v) is 6.23. The summed E-state index contributed by atoms with van der Waals surface area (Å²) in [5.41, 5.74) is 1.59. The molecule has 3 aromatic rings. The van der Waals surface area contributed by atoms with E-state index in [9.17, 15) is 9.59 Å². The number of pyridine rings is 1. The molecule has 1 aromatic carbocycles. The monoisotopic (exact) mass is 376 g/mol. The minimum Gasteiger partial charge on any atom is -0.461 e. The van der Waals surface area contributed by atoms with Gasteiger partial charge in [0, 0.05) is 10.8 Å². The molecule has 3 rings (SSSR count). The third-order valence-corrected chi connectivity index (χ3v) is 4.33. The Morgan fingerprint density at radius 1 is 1.12 bits per heavy atom. The van der Waals surface area contributed by atoms with E-state index in [0.717, 1.165) is 16.7 Å². The quantitative estimate of drug-likeness (QED) is 0.496. The van der Waals surface area contributed by atoms with Gasteiger partial charge in [-0.2, -0.15) is 0 Å². The van der Waals surface area contributed by atoms with Crippen LogP contribution < -0.4 is 0 Å². The lowest BCUT2D eigenvalue weighted by Gasteiger charge is -2.04. The van der Waals surface area contributed by atoms with Crippen LogP contribution in [0.3, 0.4) is 0 Å². The van der Waals surface area contributed by atoms with Crippen LogP contribution in [0.4, 0.5) is 0 Å². The van der Waals surface area contributed by atoms with Crippen LogP contribution in [0, 0.1) is 0 Å². The van der Waals surface area contributed by atoms with Gasteiger partial charge in [0.05, 0.1) is 23.4 Å². The van der Waals surface area contributed by atoms with Crippen LogP contribution in [0.15, 0.2) is 35.7 Å². The molecule has 128 valence electrons. The van der Waals surface area contributed by atoms with E-state index in [1.54, 1.807) is 42.6 Å². The van der Waals surface area contributed by atoms with E-state index in [2.05, 4.69) is 9.97 Å². The molecule has 0 aliphatic rings. The van der Waals surface area contributed by atoms with Gasteiger partial charge in [0.25, 0.3) is 0 Å². The first-order chi connectivity index (χ1) is 12.1. The lowest BCUT2D eigenvalue weighted by Crippen LogP contribution is -2.07. The number of esters is 2. The molecule has 2 aromatic heterocycles. The van der Waals surface area contributed by atoms with E-state index in [1.807, 2.05) is 0 Å². The molecule has 0 unspecified atom stereocenters. The Morgan fingerprint density at radius 2 is 1.96 bits per heavy atom. The second kappa shape index (κ2) is 7.58. The number of ether oxygens (including phenoxy) is 2. The molecule has 0 saturated carbocycles. The zero-order valence-corrected chi connectivity index (χ0v) is 14.8. The van der Waals surface area contributed by atoms with Crippen molar-refractivity contribution < 1.29 is 19.1 Å². The molecule has 0 saturated heterocycles. The van der Waals surface area contributed by atoms with Crippen molar-refractivity contribution in [2.75, 3.05) is 6.61 Å². The second-order valence-electron chi connectivity index (χ2n) is 4.98. The van der Waals surface area contributed by atoms with Crippen LogP contribution >= 0.6 is 22.9 Å². The number of halogens is 1. The summed E-state index contributed by atoms with van der Waals surface area (Å²) >= 11 is 6.99. The van der Waals surface area contributed by atoms with Crippen LogP contribution in [0.5, 0.6) is 0 Å². The summed E-state index contributed by atoms with van der Waals surface area (Å²) in [6.45, 7) is 1.98. The van der Waals surface area contributed by atoms with Crippen molar-refractivity contribution in [3.05, 3.63) is 57.1 Å². The Hall–Kier alpha value is -2.51. The van der Waals surface area contributed by atoms with Gasteiger partial charge in [0.1, 0.15) is 11.8 Å². The van der Waals surface area contributed by atoms with Crippen LogP contribution in [-0.4, -0.2) is 28.5 Å². The number of hydrogen-bond acceptors (Lipinski definition) is 7. The molecule has 0 aliphatic heterocycles. The van der Waals surface area contributed by atoms with Crippen molar-refractivity contribution >= 4 is 45.8 Å². The van der Waals surface area contributed by atoms with Crippen molar-refractivity contribution in [1.82, 2.24) is 9.97 Å². The van der Waals surface area contributed by atoms with Gasteiger partial charge < -0.3 is 9.47 Å². The van der Waals surface area contributed by atoms with E-state index in [-0.39, 0.29) is 18.2 Å². The molecule has 0 atom stereocenters. The summed E-state index contributed by atoms with van der Waals surface area (Å²) in [7, 11) is 0. The van der Waals surface area contributed by atoms with E-state index < -0.39 is 11.9 Å². The molecule has 25 heavy (non-hydrogen) atoms. The summed E-state index contributed by atoms with van der Waals surface area (Å²) in [6, 6.07) is 8.46. The summed E-state index contributed by atoms with van der Waals surface area (Å²) in [5.74, 6) is -0.965. The van der Waals surface area contributed by atoms with Gasteiger partial charge in [0.2, 0.25) is 5.01 Å². The van der Waals surface area contributed by atoms with E-state index >= 15 is 0 Å². The van der Waals surface area contributed by atoms with Crippen LogP contribution in [0.1, 0.15) is 32.8 Å². The maximum absolute atomic E-state index is 12.2. The van der Waals surface area contributed by atoms with Gasteiger partial charge in [-0.1, -0.05) is 11.6 Å². The normalized spacial score (nSPS) is 10.6. The fourth-order valence-corrected chi connectivity index (χ4v) is 2.96. The molecule has 2 heterocycles. The summed E-state index contributed by atoms with van der Waals surface area (Å²) in [5, 5.41) is 3.08. The van der Waals surface area contributed by atoms with E-state index in [0.29, 0.717) is 21.9 Å². The zero-order chi connectivity index (χ0) is 17.8. The van der Waals surface area contributed by atoms with Gasteiger partial charge in [-0.15, -0.1) is 11.3 Å². The zero-order valence-electron chi connectivity index (χ0n) is 13.2. The molecule has 0 bridgehead atoms. The highest BCUT2D eigenvalue weighted by molar-refractivity contribution is 7.11. The molecule has 8 heteroatoms. The molecular formula is C17H13ClN2O4S. The number of nitrogens with zero attached hydrogens (tertiary/aromatic N) is 2. The Balaban J connectivity index is 1.66. The lowest BCUT2D eigenvalue weighted by atomic mass is 10.1. The highest BCUT2D eigenvalue weighted by Crippen LogP contribution is 2.18. The maximum atomic E-state index is 12.2.